The molecule has 0 saturated carbocycles. The van der Waals surface area contributed by atoms with Crippen LogP contribution < -0.4 is 0 Å². The summed E-state index contributed by atoms with van der Waals surface area (Å²) in [7, 11) is 0. The van der Waals surface area contributed by atoms with Crippen molar-refractivity contribution in [3.05, 3.63) is 28.0 Å². The first kappa shape index (κ1) is 8.06. The predicted molar refractivity (Wildman–Crippen MR) is 55.5 cm³/mol. The maximum atomic E-state index is 2.42. The van der Waals surface area contributed by atoms with Crippen LogP contribution in [0.1, 0.15) is 36.1 Å². The minimum Gasteiger partial charge on any atom is -0.144 e. The highest BCUT2D eigenvalue weighted by Gasteiger charge is 2.08. The van der Waals surface area contributed by atoms with Crippen LogP contribution in [0.25, 0.3) is 5.57 Å². The summed E-state index contributed by atoms with van der Waals surface area (Å²) in [6.07, 6.45) is 7.76. The first-order chi connectivity index (χ1) is 5.88. The van der Waals surface area contributed by atoms with Gasteiger partial charge in [0.2, 0.25) is 0 Å². The Labute approximate surface area is 77.9 Å². The molecule has 1 aromatic rings. The maximum absolute atomic E-state index is 2.42. The summed E-state index contributed by atoms with van der Waals surface area (Å²) in [4.78, 5) is 1.52. The monoisotopic (exact) mass is 178 g/mol. The molecule has 0 bridgehead atoms. The van der Waals surface area contributed by atoms with Crippen molar-refractivity contribution < 1.29 is 0 Å². The normalized spacial score (nSPS) is 17.6. The van der Waals surface area contributed by atoms with Crippen LogP contribution in [0.15, 0.2) is 17.5 Å². The van der Waals surface area contributed by atoms with Gasteiger partial charge in [-0.3, -0.25) is 0 Å². The molecule has 0 aromatic carbocycles. The van der Waals surface area contributed by atoms with E-state index >= 15 is 0 Å². The lowest BCUT2D eigenvalue weighted by atomic mass is 9.97. The Morgan fingerprint density at radius 2 is 2.25 bits per heavy atom. The third-order valence-electron chi connectivity index (χ3n) is 2.44. The van der Waals surface area contributed by atoms with Crippen molar-refractivity contribution in [1.29, 1.82) is 0 Å². The highest BCUT2D eigenvalue weighted by Crippen LogP contribution is 2.31. The van der Waals surface area contributed by atoms with Crippen LogP contribution in [-0.2, 0) is 0 Å². The first-order valence-electron chi connectivity index (χ1n) is 4.61. The van der Waals surface area contributed by atoms with Gasteiger partial charge in [0, 0.05) is 4.88 Å². The molecule has 1 heteroatoms. The summed E-state index contributed by atoms with van der Waals surface area (Å²) in [6.45, 7) is 2.21. The van der Waals surface area contributed by atoms with Gasteiger partial charge in [0.05, 0.1) is 0 Å². The lowest BCUT2D eigenvalue weighted by Gasteiger charge is -2.11. The van der Waals surface area contributed by atoms with E-state index in [2.05, 4.69) is 24.4 Å². The van der Waals surface area contributed by atoms with Gasteiger partial charge in [-0.2, -0.15) is 0 Å². The van der Waals surface area contributed by atoms with Gasteiger partial charge < -0.3 is 0 Å². The van der Waals surface area contributed by atoms with Crippen LogP contribution >= 0.6 is 11.3 Å². The Hall–Kier alpha value is -0.560. The third-order valence-corrected chi connectivity index (χ3v) is 3.54. The second-order valence-electron chi connectivity index (χ2n) is 3.41. The topological polar surface area (TPSA) is 0 Å². The maximum Gasteiger partial charge on any atom is 0.0328 e. The van der Waals surface area contributed by atoms with Gasteiger partial charge in [0.25, 0.3) is 0 Å². The summed E-state index contributed by atoms with van der Waals surface area (Å²) in [6, 6.07) is 2.22. The Morgan fingerprint density at radius 3 is 2.83 bits per heavy atom. The summed E-state index contributed by atoms with van der Waals surface area (Å²) >= 11 is 1.89. The smallest absolute Gasteiger partial charge is 0.0328 e. The van der Waals surface area contributed by atoms with Gasteiger partial charge in [-0.25, -0.2) is 0 Å². The van der Waals surface area contributed by atoms with Crippen molar-refractivity contribution in [3.8, 4) is 0 Å². The third kappa shape index (κ3) is 1.46. The van der Waals surface area contributed by atoms with Crippen LogP contribution in [0, 0.1) is 6.92 Å². The Bertz CT molecular complexity index is 294. The standard InChI is InChI=1S/C11H14S/c1-9-7-8-12-11(9)10-5-3-2-4-6-10/h5,7-8H,2-4,6H2,1H3. The largest absolute Gasteiger partial charge is 0.144 e. The summed E-state index contributed by atoms with van der Waals surface area (Å²) in [5.74, 6) is 0. The SMILES string of the molecule is Cc1ccsc1C1=CCCCC1. The molecule has 1 aliphatic carbocycles. The fourth-order valence-electron chi connectivity index (χ4n) is 1.75. The Morgan fingerprint density at radius 1 is 1.33 bits per heavy atom. The van der Waals surface area contributed by atoms with Crippen molar-refractivity contribution >= 4 is 16.9 Å². The Kier molecular flexibility index (Phi) is 2.31. The second-order valence-corrected chi connectivity index (χ2v) is 4.32. The molecule has 0 N–H and O–H groups in total. The highest BCUT2D eigenvalue weighted by molar-refractivity contribution is 7.11. The van der Waals surface area contributed by atoms with Crippen LogP contribution in [0.2, 0.25) is 0 Å². The van der Waals surface area contributed by atoms with E-state index in [0.717, 1.165) is 0 Å². The number of rotatable bonds is 1. The van der Waals surface area contributed by atoms with Crippen LogP contribution in [-0.4, -0.2) is 0 Å². The molecular formula is C11H14S. The van der Waals surface area contributed by atoms with Gasteiger partial charge in [0.15, 0.2) is 0 Å². The zero-order chi connectivity index (χ0) is 8.39. The van der Waals surface area contributed by atoms with Crippen LogP contribution in [0.5, 0.6) is 0 Å². The molecule has 12 heavy (non-hydrogen) atoms. The van der Waals surface area contributed by atoms with Crippen molar-refractivity contribution in [3.63, 3.8) is 0 Å². The van der Waals surface area contributed by atoms with Gasteiger partial charge >= 0.3 is 0 Å². The number of aryl methyl sites for hydroxylation is 1. The number of allylic oxidation sites excluding steroid dienone is 2. The fourth-order valence-corrected chi connectivity index (χ4v) is 2.75. The fraction of sp³-hybridized carbons (Fsp3) is 0.455. The van der Waals surface area contributed by atoms with E-state index < -0.39 is 0 Å². The molecule has 64 valence electrons. The van der Waals surface area contributed by atoms with E-state index in [1.54, 1.807) is 5.57 Å². The van der Waals surface area contributed by atoms with Crippen LogP contribution in [0.3, 0.4) is 0 Å². The molecule has 0 spiro atoms. The number of hydrogen-bond acceptors (Lipinski definition) is 1. The number of thiophene rings is 1. The number of hydrogen-bond donors (Lipinski definition) is 0. The minimum absolute atomic E-state index is 1.28. The molecule has 0 saturated heterocycles. The van der Waals surface area contributed by atoms with Gasteiger partial charge in [-0.15, -0.1) is 11.3 Å². The summed E-state index contributed by atoms with van der Waals surface area (Å²) in [5.41, 5.74) is 3.04. The van der Waals surface area contributed by atoms with E-state index in [1.165, 1.54) is 36.1 Å². The average molecular weight is 178 g/mol. The average Bonchev–Trinajstić information content (AvgIpc) is 2.53. The molecule has 1 aliphatic rings. The van der Waals surface area contributed by atoms with E-state index in [0.29, 0.717) is 0 Å². The second kappa shape index (κ2) is 3.44. The molecule has 0 fully saturated rings. The van der Waals surface area contributed by atoms with E-state index in [4.69, 9.17) is 0 Å². The quantitative estimate of drug-likeness (QED) is 0.609. The lowest BCUT2D eigenvalue weighted by Crippen LogP contribution is -1.90. The van der Waals surface area contributed by atoms with Crippen molar-refractivity contribution in [2.24, 2.45) is 0 Å². The summed E-state index contributed by atoms with van der Waals surface area (Å²) in [5, 5.41) is 2.19. The first-order valence-corrected chi connectivity index (χ1v) is 5.49. The molecule has 1 aromatic heterocycles. The minimum atomic E-state index is 1.28. The van der Waals surface area contributed by atoms with E-state index in [1.807, 2.05) is 11.3 Å². The molecule has 2 rings (SSSR count). The van der Waals surface area contributed by atoms with Gasteiger partial charge in [-0.1, -0.05) is 6.08 Å². The van der Waals surface area contributed by atoms with E-state index in [9.17, 15) is 0 Å². The lowest BCUT2D eigenvalue weighted by molar-refractivity contribution is 0.743. The molecule has 1 heterocycles. The Balaban J connectivity index is 2.29. The van der Waals surface area contributed by atoms with E-state index in [-0.39, 0.29) is 0 Å². The zero-order valence-corrected chi connectivity index (χ0v) is 8.29. The van der Waals surface area contributed by atoms with Crippen molar-refractivity contribution in [1.82, 2.24) is 0 Å². The predicted octanol–water partition coefficient (Wildman–Crippen LogP) is 4.01. The van der Waals surface area contributed by atoms with Crippen LogP contribution in [0.4, 0.5) is 0 Å². The molecule has 0 atom stereocenters. The molecular weight excluding hydrogens is 164 g/mol. The van der Waals surface area contributed by atoms with Crippen molar-refractivity contribution in [2.45, 2.75) is 32.6 Å². The highest BCUT2D eigenvalue weighted by atomic mass is 32.1. The van der Waals surface area contributed by atoms with Gasteiger partial charge in [-0.05, 0) is 55.2 Å². The van der Waals surface area contributed by atoms with Gasteiger partial charge in [0.1, 0.15) is 0 Å². The molecule has 0 unspecified atom stereocenters. The molecule has 0 radical (unpaired) electrons. The van der Waals surface area contributed by atoms with Crippen molar-refractivity contribution in [2.75, 3.05) is 0 Å². The zero-order valence-electron chi connectivity index (χ0n) is 7.47. The summed E-state index contributed by atoms with van der Waals surface area (Å²) < 4.78 is 0. The molecule has 0 amide bonds. The molecule has 0 nitrogen and oxygen atoms in total. The molecule has 0 aliphatic heterocycles.